The second-order valence-corrected chi connectivity index (χ2v) is 7.16. The maximum absolute atomic E-state index is 12.7. The zero-order valence-corrected chi connectivity index (χ0v) is 15.8. The fourth-order valence-electron chi connectivity index (χ4n) is 3.30. The van der Waals surface area contributed by atoms with Gasteiger partial charge in [0.05, 0.1) is 0 Å². The van der Waals surface area contributed by atoms with E-state index in [0.29, 0.717) is 12.0 Å². The van der Waals surface area contributed by atoms with Crippen LogP contribution in [0.4, 0.5) is 0 Å². The van der Waals surface area contributed by atoms with Gasteiger partial charge < -0.3 is 20.6 Å². The van der Waals surface area contributed by atoms with Crippen molar-refractivity contribution in [2.24, 2.45) is 11.8 Å². The Kier molecular flexibility index (Phi) is 6.80. The maximum atomic E-state index is 12.7. The number of aliphatic hydroxyl groups excluding tert-OH is 2. The minimum atomic E-state index is -1.27. The SMILES string of the molecule is C/C=C/C[C@H](C)C[C@H](C)/C(O)=C1/C(=O)N[C@@H]([C@@H](O)c2ccc(O)cc2)C1=O. The van der Waals surface area contributed by atoms with Crippen LogP contribution in [0.5, 0.6) is 5.75 Å². The van der Waals surface area contributed by atoms with E-state index >= 15 is 0 Å². The Morgan fingerprint density at radius 3 is 2.44 bits per heavy atom. The highest BCUT2D eigenvalue weighted by Gasteiger charge is 2.43. The highest BCUT2D eigenvalue weighted by molar-refractivity contribution is 6.27. The van der Waals surface area contributed by atoms with Crippen LogP contribution < -0.4 is 5.32 Å². The summed E-state index contributed by atoms with van der Waals surface area (Å²) in [5.41, 5.74) is 0.115. The lowest BCUT2D eigenvalue weighted by Crippen LogP contribution is -2.35. The van der Waals surface area contributed by atoms with Gasteiger partial charge in [0.2, 0.25) is 0 Å². The molecule has 0 unspecified atom stereocenters. The average Bonchev–Trinajstić information content (AvgIpc) is 2.93. The summed E-state index contributed by atoms with van der Waals surface area (Å²) in [4.78, 5) is 25.0. The number of Topliss-reactive ketones (excluding diaryl/α,β-unsaturated/α-hetero) is 1. The minimum absolute atomic E-state index is 0.0341. The largest absolute Gasteiger partial charge is 0.511 e. The lowest BCUT2D eigenvalue weighted by molar-refractivity contribution is -0.118. The van der Waals surface area contributed by atoms with Crippen molar-refractivity contribution in [2.45, 2.75) is 45.8 Å². The van der Waals surface area contributed by atoms with Gasteiger partial charge in [-0.15, -0.1) is 0 Å². The first-order valence-corrected chi connectivity index (χ1v) is 9.12. The number of carbonyl (C=O) groups excluding carboxylic acids is 2. The van der Waals surface area contributed by atoms with Crippen molar-refractivity contribution in [3.05, 3.63) is 53.3 Å². The molecular weight excluding hydrogens is 346 g/mol. The number of aliphatic hydroxyl groups is 2. The van der Waals surface area contributed by atoms with Crippen molar-refractivity contribution < 1.29 is 24.9 Å². The lowest BCUT2D eigenvalue weighted by Gasteiger charge is -2.17. The van der Waals surface area contributed by atoms with Crippen LogP contribution in [0.2, 0.25) is 0 Å². The number of ketones is 1. The van der Waals surface area contributed by atoms with E-state index in [4.69, 9.17) is 0 Å². The van der Waals surface area contributed by atoms with Crippen molar-refractivity contribution in [2.75, 3.05) is 0 Å². The van der Waals surface area contributed by atoms with Crippen molar-refractivity contribution in [1.29, 1.82) is 0 Å². The molecule has 1 fully saturated rings. The van der Waals surface area contributed by atoms with Crippen LogP contribution in [-0.2, 0) is 9.59 Å². The standard InChI is InChI=1S/C21H27NO5/c1-4-5-6-12(2)11-13(3)18(24)16-20(26)17(22-21(16)27)19(25)14-7-9-15(23)10-8-14/h4-5,7-10,12-13,17,19,23-25H,6,11H2,1-3H3,(H,22,27)/b5-4+,18-16-/t12-,13-,17-,19-/m0/s1. The summed E-state index contributed by atoms with van der Waals surface area (Å²) in [6.45, 7) is 5.76. The molecule has 6 heteroatoms. The first-order chi connectivity index (χ1) is 12.8. The van der Waals surface area contributed by atoms with Crippen molar-refractivity contribution >= 4 is 11.7 Å². The Morgan fingerprint density at radius 2 is 1.85 bits per heavy atom. The Morgan fingerprint density at radius 1 is 1.22 bits per heavy atom. The molecule has 2 rings (SSSR count). The van der Waals surface area contributed by atoms with E-state index in [2.05, 4.69) is 5.32 Å². The van der Waals surface area contributed by atoms with Crippen LogP contribution in [0.15, 0.2) is 47.7 Å². The molecule has 1 saturated heterocycles. The molecule has 1 heterocycles. The molecule has 0 aromatic heterocycles. The van der Waals surface area contributed by atoms with E-state index in [1.165, 1.54) is 24.3 Å². The molecular formula is C21H27NO5. The van der Waals surface area contributed by atoms with Crippen LogP contribution in [0, 0.1) is 11.8 Å². The molecule has 27 heavy (non-hydrogen) atoms. The van der Waals surface area contributed by atoms with E-state index in [9.17, 15) is 24.9 Å². The van der Waals surface area contributed by atoms with E-state index in [1.54, 1.807) is 6.92 Å². The first-order valence-electron chi connectivity index (χ1n) is 9.12. The fraction of sp³-hybridized carbons (Fsp3) is 0.429. The number of aromatic hydroxyl groups is 1. The van der Waals surface area contributed by atoms with Gasteiger partial charge in [0, 0.05) is 5.92 Å². The molecule has 0 radical (unpaired) electrons. The Labute approximate surface area is 159 Å². The van der Waals surface area contributed by atoms with E-state index < -0.39 is 23.8 Å². The maximum Gasteiger partial charge on any atom is 0.259 e. The highest BCUT2D eigenvalue weighted by atomic mass is 16.3. The second kappa shape index (κ2) is 8.86. The van der Waals surface area contributed by atoms with Crippen LogP contribution in [-0.4, -0.2) is 33.1 Å². The van der Waals surface area contributed by atoms with Gasteiger partial charge in [0.25, 0.3) is 5.91 Å². The number of carbonyl (C=O) groups is 2. The third-order valence-electron chi connectivity index (χ3n) is 4.85. The molecule has 1 aromatic carbocycles. The molecule has 0 saturated carbocycles. The molecule has 1 aliphatic heterocycles. The normalized spacial score (nSPS) is 22.6. The summed E-state index contributed by atoms with van der Waals surface area (Å²) in [5, 5.41) is 32.8. The molecule has 1 amide bonds. The predicted octanol–water partition coefficient (Wildman–Crippen LogP) is 2.93. The molecule has 146 valence electrons. The summed E-state index contributed by atoms with van der Waals surface area (Å²) >= 11 is 0. The average molecular weight is 373 g/mol. The van der Waals surface area contributed by atoms with Crippen molar-refractivity contribution in [1.82, 2.24) is 5.32 Å². The molecule has 0 aliphatic carbocycles. The fourth-order valence-corrected chi connectivity index (χ4v) is 3.30. The number of nitrogens with one attached hydrogen (secondary N) is 1. The number of hydrogen-bond donors (Lipinski definition) is 4. The number of allylic oxidation sites excluding steroid dienone is 3. The zero-order chi connectivity index (χ0) is 20.1. The van der Waals surface area contributed by atoms with Crippen LogP contribution in [0.25, 0.3) is 0 Å². The van der Waals surface area contributed by atoms with Gasteiger partial charge in [-0.2, -0.15) is 0 Å². The van der Waals surface area contributed by atoms with E-state index in [0.717, 1.165) is 6.42 Å². The number of hydrogen-bond acceptors (Lipinski definition) is 5. The Bertz CT molecular complexity index is 750. The van der Waals surface area contributed by atoms with Gasteiger partial charge in [0.15, 0.2) is 5.78 Å². The summed E-state index contributed by atoms with van der Waals surface area (Å²) < 4.78 is 0. The summed E-state index contributed by atoms with van der Waals surface area (Å²) in [6.07, 6.45) is 4.22. The highest BCUT2D eigenvalue weighted by Crippen LogP contribution is 2.29. The van der Waals surface area contributed by atoms with Gasteiger partial charge in [-0.25, -0.2) is 0 Å². The molecule has 0 bridgehead atoms. The summed E-state index contributed by atoms with van der Waals surface area (Å²) in [5.74, 6) is -1.55. The summed E-state index contributed by atoms with van der Waals surface area (Å²) in [7, 11) is 0. The molecule has 0 spiro atoms. The smallest absolute Gasteiger partial charge is 0.259 e. The van der Waals surface area contributed by atoms with Gasteiger partial charge in [-0.1, -0.05) is 38.1 Å². The third-order valence-corrected chi connectivity index (χ3v) is 4.85. The molecule has 6 nitrogen and oxygen atoms in total. The molecule has 1 aliphatic rings. The van der Waals surface area contributed by atoms with Gasteiger partial charge in [0.1, 0.15) is 29.2 Å². The topological polar surface area (TPSA) is 107 Å². The van der Waals surface area contributed by atoms with Crippen molar-refractivity contribution in [3.63, 3.8) is 0 Å². The number of phenolic OH excluding ortho intramolecular Hbond substituents is 1. The van der Waals surface area contributed by atoms with Gasteiger partial charge >= 0.3 is 0 Å². The van der Waals surface area contributed by atoms with Crippen LogP contribution in [0.3, 0.4) is 0 Å². The van der Waals surface area contributed by atoms with Crippen LogP contribution >= 0.6 is 0 Å². The number of benzene rings is 1. The Balaban J connectivity index is 2.18. The number of phenols is 1. The third kappa shape index (κ3) is 4.77. The summed E-state index contributed by atoms with van der Waals surface area (Å²) in [6, 6.07) is 4.58. The second-order valence-electron chi connectivity index (χ2n) is 7.16. The monoisotopic (exact) mass is 373 g/mol. The quantitative estimate of drug-likeness (QED) is 0.254. The molecule has 4 atom stereocenters. The van der Waals surface area contributed by atoms with Gasteiger partial charge in [-0.3, -0.25) is 9.59 Å². The van der Waals surface area contributed by atoms with Crippen molar-refractivity contribution in [3.8, 4) is 5.75 Å². The number of amides is 1. The minimum Gasteiger partial charge on any atom is -0.511 e. The zero-order valence-electron chi connectivity index (χ0n) is 15.8. The van der Waals surface area contributed by atoms with E-state index in [1.807, 2.05) is 26.0 Å². The number of rotatable bonds is 7. The molecule has 1 aromatic rings. The first kappa shape index (κ1) is 20.7. The van der Waals surface area contributed by atoms with Crippen LogP contribution in [0.1, 0.15) is 45.3 Å². The lowest BCUT2D eigenvalue weighted by atomic mass is 9.90. The Hall–Kier alpha value is -2.60. The van der Waals surface area contributed by atoms with E-state index in [-0.39, 0.29) is 28.9 Å². The van der Waals surface area contributed by atoms with Gasteiger partial charge in [-0.05, 0) is 43.4 Å². The molecule has 4 N–H and O–H groups in total. The predicted molar refractivity (Wildman–Crippen MR) is 102 cm³/mol.